The zero-order valence-electron chi connectivity index (χ0n) is 17.6. The third-order valence-corrected chi connectivity index (χ3v) is 5.72. The monoisotopic (exact) mass is 396 g/mol. The molecule has 0 heterocycles. The zero-order chi connectivity index (χ0) is 21.1. The largest absolute Gasteiger partial charge is 0.274 e. The van der Waals surface area contributed by atoms with Crippen LogP contribution in [0.15, 0.2) is 0 Å². The van der Waals surface area contributed by atoms with Crippen molar-refractivity contribution in [1.29, 1.82) is 10.5 Å². The van der Waals surface area contributed by atoms with Gasteiger partial charge in [0.05, 0.1) is 0 Å². The van der Waals surface area contributed by atoms with E-state index in [-0.39, 0.29) is 17.7 Å². The van der Waals surface area contributed by atoms with Gasteiger partial charge in [0.25, 0.3) is 0 Å². The van der Waals surface area contributed by atoms with Crippen molar-refractivity contribution in [1.82, 2.24) is 10.6 Å². The highest BCUT2D eigenvalue weighted by Crippen LogP contribution is 2.28. The summed E-state index contributed by atoms with van der Waals surface area (Å²) in [5.41, 5.74) is -0.458. The van der Waals surface area contributed by atoms with E-state index in [4.69, 9.17) is 10.5 Å². The van der Waals surface area contributed by atoms with Crippen LogP contribution < -0.4 is 10.6 Å². The molecule has 0 radical (unpaired) electrons. The smallest absolute Gasteiger partial charge is 0.238 e. The maximum absolute atomic E-state index is 11.9. The van der Waals surface area contributed by atoms with Crippen molar-refractivity contribution in [3.05, 3.63) is 0 Å². The van der Waals surface area contributed by atoms with Crippen LogP contribution in [0.3, 0.4) is 0 Å². The maximum atomic E-state index is 11.9. The molecule has 7 heteroatoms. The third kappa shape index (κ3) is 13.1. The van der Waals surface area contributed by atoms with Gasteiger partial charge in [-0.25, -0.2) is 0 Å². The first kappa shape index (κ1) is 27.5. The summed E-state index contributed by atoms with van der Waals surface area (Å²) in [5, 5.41) is 21.4. The Labute approximate surface area is 169 Å². The molecule has 0 aromatic carbocycles. The van der Waals surface area contributed by atoms with Crippen molar-refractivity contribution in [3.63, 3.8) is 0 Å². The summed E-state index contributed by atoms with van der Waals surface area (Å²) in [7, 11) is 0. The van der Waals surface area contributed by atoms with Gasteiger partial charge < -0.3 is 0 Å². The lowest BCUT2D eigenvalue weighted by molar-refractivity contribution is -0.129. The van der Waals surface area contributed by atoms with Gasteiger partial charge in [-0.3, -0.25) is 20.2 Å². The van der Waals surface area contributed by atoms with Crippen LogP contribution in [0, 0.1) is 34.2 Å². The standard InChI is InChI=1S/C18H30N4O2S.C2H6/c1-4-18(3,17(24)22-14-20)10-6-8-12-25-11-7-5-9-15(2)16(23)21-13-19;1-2/h15H,4-12H2,1-3H3,(H,21,23)(H,22,24);1-2H3. The van der Waals surface area contributed by atoms with Gasteiger partial charge in [-0.05, 0) is 43.6 Å². The fourth-order valence-electron chi connectivity index (χ4n) is 2.44. The normalized spacial score (nSPS) is 13.0. The van der Waals surface area contributed by atoms with Crippen molar-refractivity contribution >= 4 is 23.6 Å². The molecular weight excluding hydrogens is 360 g/mol. The molecule has 2 atom stereocenters. The fourth-order valence-corrected chi connectivity index (χ4v) is 3.46. The van der Waals surface area contributed by atoms with Crippen LogP contribution in [0.5, 0.6) is 0 Å². The van der Waals surface area contributed by atoms with Crippen molar-refractivity contribution in [2.45, 2.75) is 79.6 Å². The topological polar surface area (TPSA) is 106 Å². The molecule has 0 aliphatic carbocycles. The van der Waals surface area contributed by atoms with Crippen molar-refractivity contribution < 1.29 is 9.59 Å². The van der Waals surface area contributed by atoms with E-state index in [1.54, 1.807) is 12.4 Å². The van der Waals surface area contributed by atoms with E-state index in [1.807, 2.05) is 46.4 Å². The Balaban J connectivity index is 0. The summed E-state index contributed by atoms with van der Waals surface area (Å²) in [4.78, 5) is 23.3. The van der Waals surface area contributed by atoms with Crippen LogP contribution in [0.2, 0.25) is 0 Å². The number of unbranched alkanes of at least 4 members (excludes halogenated alkanes) is 2. The van der Waals surface area contributed by atoms with Gasteiger partial charge in [0.1, 0.15) is 0 Å². The Morgan fingerprint density at radius 2 is 1.59 bits per heavy atom. The maximum Gasteiger partial charge on any atom is 0.238 e. The van der Waals surface area contributed by atoms with Gasteiger partial charge in [0.2, 0.25) is 11.8 Å². The minimum atomic E-state index is -0.458. The average Bonchev–Trinajstić information content (AvgIpc) is 2.68. The lowest BCUT2D eigenvalue weighted by Crippen LogP contribution is -2.36. The van der Waals surface area contributed by atoms with Crippen LogP contribution in [0.4, 0.5) is 0 Å². The molecule has 0 saturated heterocycles. The van der Waals surface area contributed by atoms with Crippen LogP contribution >= 0.6 is 11.8 Å². The first-order valence-electron chi connectivity index (χ1n) is 9.87. The summed E-state index contributed by atoms with van der Waals surface area (Å²) in [6.07, 6.45) is 9.78. The van der Waals surface area contributed by atoms with Gasteiger partial charge in [-0.15, -0.1) is 0 Å². The van der Waals surface area contributed by atoms with E-state index in [2.05, 4.69) is 10.6 Å². The van der Waals surface area contributed by atoms with Crippen LogP contribution in [0.25, 0.3) is 0 Å². The highest BCUT2D eigenvalue weighted by atomic mass is 32.2. The summed E-state index contributed by atoms with van der Waals surface area (Å²) < 4.78 is 0. The highest BCUT2D eigenvalue weighted by Gasteiger charge is 2.30. The molecule has 0 rings (SSSR count). The van der Waals surface area contributed by atoms with Crippen LogP contribution in [-0.4, -0.2) is 23.3 Å². The summed E-state index contributed by atoms with van der Waals surface area (Å²) in [6.45, 7) is 9.73. The van der Waals surface area contributed by atoms with Gasteiger partial charge in [0.15, 0.2) is 12.4 Å². The van der Waals surface area contributed by atoms with Crippen LogP contribution in [-0.2, 0) is 9.59 Å². The number of carbonyl (C=O) groups excluding carboxylic acids is 2. The first-order valence-corrected chi connectivity index (χ1v) is 11.0. The molecular formula is C20H36N4O2S. The predicted octanol–water partition coefficient (Wildman–Crippen LogP) is 4.33. The number of amides is 2. The molecule has 6 nitrogen and oxygen atoms in total. The highest BCUT2D eigenvalue weighted by molar-refractivity contribution is 7.99. The molecule has 0 spiro atoms. The van der Waals surface area contributed by atoms with Crippen molar-refractivity contribution in [2.75, 3.05) is 11.5 Å². The van der Waals surface area contributed by atoms with Gasteiger partial charge in [-0.1, -0.05) is 47.5 Å². The Morgan fingerprint density at radius 1 is 1.04 bits per heavy atom. The summed E-state index contributed by atoms with van der Waals surface area (Å²) in [5.74, 6) is 1.63. The Hall–Kier alpha value is -1.73. The fraction of sp³-hybridized carbons (Fsp3) is 0.800. The Bertz CT molecular complexity index is 499. The molecule has 27 heavy (non-hydrogen) atoms. The molecule has 2 N–H and O–H groups in total. The van der Waals surface area contributed by atoms with Crippen LogP contribution in [0.1, 0.15) is 79.6 Å². The molecule has 0 aliphatic rings. The van der Waals surface area contributed by atoms with E-state index in [9.17, 15) is 9.59 Å². The Morgan fingerprint density at radius 3 is 2.11 bits per heavy atom. The average molecular weight is 397 g/mol. The van der Waals surface area contributed by atoms with Gasteiger partial charge in [0, 0.05) is 11.3 Å². The molecule has 0 bridgehead atoms. The molecule has 0 saturated carbocycles. The SMILES string of the molecule is CC.CCC(C)(CCCCSCCCCC(C)C(=O)NC#N)C(=O)NC#N. The third-order valence-electron chi connectivity index (χ3n) is 4.57. The van der Waals surface area contributed by atoms with E-state index < -0.39 is 5.41 Å². The van der Waals surface area contributed by atoms with Gasteiger partial charge >= 0.3 is 0 Å². The second kappa shape index (κ2) is 17.7. The quantitative estimate of drug-likeness (QED) is 0.274. The summed E-state index contributed by atoms with van der Waals surface area (Å²) >= 11 is 1.89. The number of nitriles is 2. The minimum Gasteiger partial charge on any atom is -0.274 e. The molecule has 2 amide bonds. The lowest BCUT2D eigenvalue weighted by atomic mass is 9.81. The number of rotatable bonds is 13. The molecule has 0 fully saturated rings. The second-order valence-electron chi connectivity index (χ2n) is 6.55. The molecule has 2 unspecified atom stereocenters. The molecule has 0 aromatic rings. The number of nitrogens with zero attached hydrogens (tertiary/aromatic N) is 2. The van der Waals surface area contributed by atoms with E-state index >= 15 is 0 Å². The van der Waals surface area contributed by atoms with Crippen molar-refractivity contribution in [2.24, 2.45) is 11.3 Å². The van der Waals surface area contributed by atoms with E-state index in [1.165, 1.54) is 0 Å². The molecule has 154 valence electrons. The Kier molecular flexibility index (Phi) is 18.0. The minimum absolute atomic E-state index is 0.115. The lowest BCUT2D eigenvalue weighted by Gasteiger charge is -2.25. The van der Waals surface area contributed by atoms with Gasteiger partial charge in [-0.2, -0.15) is 22.3 Å². The number of hydrogen-bond acceptors (Lipinski definition) is 5. The predicted molar refractivity (Wildman–Crippen MR) is 111 cm³/mol. The number of hydrogen-bond donors (Lipinski definition) is 2. The zero-order valence-corrected chi connectivity index (χ0v) is 18.4. The first-order chi connectivity index (χ1) is 12.9. The summed E-state index contributed by atoms with van der Waals surface area (Å²) in [6, 6.07) is 0. The number of nitrogens with one attached hydrogen (secondary N) is 2. The number of thioether (sulfide) groups is 1. The number of carbonyl (C=O) groups is 2. The van der Waals surface area contributed by atoms with E-state index in [0.29, 0.717) is 0 Å². The second-order valence-corrected chi connectivity index (χ2v) is 7.77. The molecule has 0 aromatic heterocycles. The van der Waals surface area contributed by atoms with Crippen molar-refractivity contribution in [3.8, 4) is 12.4 Å². The molecule has 0 aliphatic heterocycles. The van der Waals surface area contributed by atoms with E-state index in [0.717, 1.165) is 56.5 Å².